The van der Waals surface area contributed by atoms with Gasteiger partial charge in [0.15, 0.2) is 0 Å². The van der Waals surface area contributed by atoms with Crippen LogP contribution in [0.2, 0.25) is 0 Å². The number of hydrogen-bond donors (Lipinski definition) is 2. The third-order valence-corrected chi connectivity index (χ3v) is 7.52. The number of phenolic OH excluding ortho intramolecular Hbond substituents is 2. The number of benzene rings is 4. The number of phenols is 2. The maximum absolute atomic E-state index is 10.2. The minimum absolute atomic E-state index is 0. The van der Waals surface area contributed by atoms with Crippen molar-refractivity contribution >= 4 is 43.1 Å². The molecule has 0 aliphatic rings. The van der Waals surface area contributed by atoms with E-state index in [1.807, 2.05) is 36.4 Å². The van der Waals surface area contributed by atoms with Crippen molar-refractivity contribution in [1.29, 1.82) is 0 Å². The Balaban J connectivity index is 0.00000228. The van der Waals surface area contributed by atoms with E-state index in [1.54, 1.807) is 34.8 Å². The van der Waals surface area contributed by atoms with Gasteiger partial charge in [-0.25, -0.2) is 9.97 Å². The van der Waals surface area contributed by atoms with Crippen molar-refractivity contribution in [1.82, 2.24) is 9.97 Å². The van der Waals surface area contributed by atoms with E-state index >= 15 is 0 Å². The second-order valence-corrected chi connectivity index (χ2v) is 9.50. The van der Waals surface area contributed by atoms with Gasteiger partial charge in [-0.1, -0.05) is 36.4 Å². The van der Waals surface area contributed by atoms with Crippen LogP contribution in [0.3, 0.4) is 0 Å². The molecule has 0 amide bonds. The summed E-state index contributed by atoms with van der Waals surface area (Å²) in [6, 6.07) is 27.0. The summed E-state index contributed by atoms with van der Waals surface area (Å²) in [5, 5.41) is 21.9. The first kappa shape index (κ1) is 35.5. The molecule has 0 fully saturated rings. The summed E-state index contributed by atoms with van der Waals surface area (Å²) in [6.45, 7) is 0. The molecule has 0 unspecified atom stereocenters. The fourth-order valence-corrected chi connectivity index (χ4v) is 5.71. The Morgan fingerprint density at radius 1 is 0.500 bits per heavy atom. The maximum Gasteiger partial charge on any atom is 2.00 e. The Bertz CT molecular complexity index is 1510. The number of aromatic nitrogens is 2. The van der Waals surface area contributed by atoms with Crippen LogP contribution in [-0.4, -0.2) is 20.2 Å². The van der Waals surface area contributed by atoms with Crippen LogP contribution in [0.25, 0.3) is 52.7 Å². The molecule has 186 valence electrons. The molecular formula is C30H28N2O2S2Zn2. The van der Waals surface area contributed by atoms with Crippen LogP contribution in [0, 0.1) is 29.7 Å². The molecule has 0 saturated heterocycles. The van der Waals surface area contributed by atoms with Crippen LogP contribution >= 0.6 is 22.7 Å². The van der Waals surface area contributed by atoms with Crippen LogP contribution in [0.4, 0.5) is 0 Å². The van der Waals surface area contributed by atoms with Gasteiger partial charge in [-0.05, 0) is 59.7 Å². The van der Waals surface area contributed by atoms with E-state index in [0.717, 1.165) is 52.7 Å². The number of fused-ring (bicyclic) bond motifs is 2. The molecule has 4 nitrogen and oxygen atoms in total. The summed E-state index contributed by atoms with van der Waals surface area (Å²) < 4.78 is 2.15. The average Bonchev–Trinajstić information content (AvgIpc) is 3.42. The quantitative estimate of drug-likeness (QED) is 0.149. The molecule has 4 aromatic carbocycles. The molecule has 6 aromatic rings. The van der Waals surface area contributed by atoms with E-state index in [2.05, 4.69) is 36.4 Å². The van der Waals surface area contributed by atoms with Crippen LogP contribution in [0.15, 0.2) is 84.9 Å². The van der Waals surface area contributed by atoms with Gasteiger partial charge in [0.1, 0.15) is 21.5 Å². The van der Waals surface area contributed by atoms with Gasteiger partial charge in [0, 0.05) is 0 Å². The molecule has 8 heteroatoms. The molecule has 38 heavy (non-hydrogen) atoms. The maximum atomic E-state index is 10.2. The predicted octanol–water partition coefficient (Wildman–Crippen LogP) is 9.11. The zero-order chi connectivity index (χ0) is 21.7. The first-order valence-corrected chi connectivity index (χ1v) is 11.7. The van der Waals surface area contributed by atoms with Gasteiger partial charge >= 0.3 is 39.0 Å². The van der Waals surface area contributed by atoms with E-state index in [4.69, 9.17) is 9.97 Å². The number of para-hydroxylation sites is 2. The molecule has 0 aliphatic carbocycles. The molecule has 6 rings (SSSR count). The topological polar surface area (TPSA) is 66.2 Å². The Morgan fingerprint density at radius 2 is 0.868 bits per heavy atom. The Hall–Kier alpha value is -2.49. The summed E-state index contributed by atoms with van der Waals surface area (Å²) >= 11 is 3.14. The van der Waals surface area contributed by atoms with Gasteiger partial charge in [0.2, 0.25) is 0 Å². The predicted molar refractivity (Wildman–Crippen MR) is 158 cm³/mol. The monoisotopic (exact) mass is 640 g/mol. The van der Waals surface area contributed by atoms with Crippen LogP contribution in [-0.2, 0) is 39.0 Å². The molecule has 0 radical (unpaired) electrons. The van der Waals surface area contributed by atoms with Gasteiger partial charge in [-0.2, -0.15) is 0 Å². The Labute approximate surface area is 259 Å². The van der Waals surface area contributed by atoms with Crippen molar-refractivity contribution in [2.45, 2.75) is 0 Å². The molecule has 0 spiro atoms. The molecule has 0 saturated carbocycles. The Morgan fingerprint density at radius 3 is 1.24 bits per heavy atom. The summed E-state index contributed by atoms with van der Waals surface area (Å²) in [5.74, 6) is 0.474. The van der Waals surface area contributed by atoms with E-state index in [0.29, 0.717) is 0 Å². The average molecular weight is 643 g/mol. The van der Waals surface area contributed by atoms with Gasteiger partial charge in [0.05, 0.1) is 31.6 Å². The van der Waals surface area contributed by atoms with Gasteiger partial charge in [-0.3, -0.25) is 0 Å². The summed E-state index contributed by atoms with van der Waals surface area (Å²) in [4.78, 5) is 9.53. The number of aromatic hydroxyl groups is 2. The first-order valence-electron chi connectivity index (χ1n) is 10.0. The molecule has 0 bridgehead atoms. The zero-order valence-corrected chi connectivity index (χ0v) is 29.7. The summed E-state index contributed by atoms with van der Waals surface area (Å²) in [5.41, 5.74) is 5.42. The van der Waals surface area contributed by atoms with Gasteiger partial charge < -0.3 is 39.9 Å². The number of rotatable bonds is 3. The fraction of sp³-hybridized carbons (Fsp3) is 0. The molecule has 2 aromatic heterocycles. The van der Waals surface area contributed by atoms with Crippen LogP contribution in [0.1, 0.15) is 0 Å². The van der Waals surface area contributed by atoms with Gasteiger partial charge in [0.25, 0.3) is 0 Å². The van der Waals surface area contributed by atoms with Crippen molar-refractivity contribution in [3.05, 3.63) is 115 Å². The largest absolute Gasteiger partial charge is 2.00 e. The molecular weight excluding hydrogens is 615 g/mol. The van der Waals surface area contributed by atoms with Crippen molar-refractivity contribution in [3.8, 4) is 43.8 Å². The molecule has 2 heterocycles. The molecule has 2 N–H and O–H groups in total. The van der Waals surface area contributed by atoms with Crippen molar-refractivity contribution < 1.29 is 49.2 Å². The molecule has 0 aliphatic heterocycles. The first-order chi connectivity index (χ1) is 15.7. The number of thiazole rings is 2. The van der Waals surface area contributed by atoms with Crippen molar-refractivity contribution in [2.75, 3.05) is 0 Å². The van der Waals surface area contributed by atoms with E-state index in [9.17, 15) is 10.2 Å². The van der Waals surface area contributed by atoms with Crippen molar-refractivity contribution in [3.63, 3.8) is 0 Å². The molecule has 0 atom stereocenters. The number of hydrogen-bond acceptors (Lipinski definition) is 6. The smallest absolute Gasteiger partial charge is 0.507 e. The normalized spacial score (nSPS) is 9.58. The number of nitrogens with zero attached hydrogens (tertiary/aromatic N) is 2. The van der Waals surface area contributed by atoms with Gasteiger partial charge in [-0.15, -0.1) is 22.7 Å². The van der Waals surface area contributed by atoms with E-state index in [1.165, 1.54) is 0 Å². The standard InChI is InChI=1S/C26H16N2O2S2.4CH3.2Zn/c29-21-7-3-1-5-17(21)25-27-19-13-15(9-11-23(19)31-25)16-10-12-24-20(14-16)28-26(32-24)18-6-2-4-8-22(18)30;;;;;;/h1-14,29-30H;4*1H3;;/q;4*-1;2*+2. The van der Waals surface area contributed by atoms with Crippen LogP contribution in [0.5, 0.6) is 11.5 Å². The van der Waals surface area contributed by atoms with E-state index < -0.39 is 0 Å². The van der Waals surface area contributed by atoms with Crippen LogP contribution < -0.4 is 0 Å². The third-order valence-electron chi connectivity index (χ3n) is 5.38. The summed E-state index contributed by atoms with van der Waals surface area (Å²) in [6.07, 6.45) is 0. The SMILES string of the molecule is Oc1ccccc1-c1nc2cc(-c3ccc4sc(-c5ccccc5O)nc4c3)ccc2s1.[CH3-].[CH3-].[CH3-].[CH3-].[Zn+2].[Zn+2]. The Kier molecular flexibility index (Phi) is 13.6. The minimum Gasteiger partial charge on any atom is -0.507 e. The second-order valence-electron chi connectivity index (χ2n) is 7.44. The zero-order valence-electron chi connectivity index (χ0n) is 22.1. The third kappa shape index (κ3) is 6.55. The minimum atomic E-state index is 0. The van der Waals surface area contributed by atoms with E-state index in [-0.39, 0.29) is 80.2 Å². The van der Waals surface area contributed by atoms with Crippen molar-refractivity contribution in [2.24, 2.45) is 0 Å². The second kappa shape index (κ2) is 14.6. The summed E-state index contributed by atoms with van der Waals surface area (Å²) in [7, 11) is 0. The fourth-order valence-electron chi connectivity index (χ4n) is 3.75.